The third kappa shape index (κ3) is 4.94. The predicted octanol–water partition coefficient (Wildman–Crippen LogP) is 2.20. The zero-order valence-electron chi connectivity index (χ0n) is 14.2. The second-order valence-electron chi connectivity index (χ2n) is 7.01. The SMILES string of the molecule is C[C@@H](C(=O)NCc1ccncc1)C1CN(C(=O)OC(C)(C)C)C1. The van der Waals surface area contributed by atoms with Crippen LogP contribution in [-0.2, 0) is 16.1 Å². The highest BCUT2D eigenvalue weighted by molar-refractivity contribution is 5.79. The van der Waals surface area contributed by atoms with Gasteiger partial charge in [-0.2, -0.15) is 0 Å². The van der Waals surface area contributed by atoms with Gasteiger partial charge in [0.25, 0.3) is 0 Å². The normalized spacial score (nSPS) is 16.4. The van der Waals surface area contributed by atoms with Crippen LogP contribution in [0.4, 0.5) is 4.79 Å². The second kappa shape index (κ2) is 6.98. The largest absolute Gasteiger partial charge is 0.444 e. The predicted molar refractivity (Wildman–Crippen MR) is 86.5 cm³/mol. The number of pyridine rings is 1. The first kappa shape index (κ1) is 17.2. The van der Waals surface area contributed by atoms with E-state index in [1.165, 1.54) is 0 Å². The summed E-state index contributed by atoms with van der Waals surface area (Å²) in [6, 6.07) is 3.75. The molecule has 23 heavy (non-hydrogen) atoms. The van der Waals surface area contributed by atoms with Gasteiger partial charge in [0.15, 0.2) is 0 Å². The van der Waals surface area contributed by atoms with E-state index < -0.39 is 5.60 Å². The van der Waals surface area contributed by atoms with Crippen LogP contribution in [0.25, 0.3) is 0 Å². The fraction of sp³-hybridized carbons (Fsp3) is 0.588. The van der Waals surface area contributed by atoms with Gasteiger partial charge in [-0.15, -0.1) is 0 Å². The van der Waals surface area contributed by atoms with E-state index in [1.54, 1.807) is 17.3 Å². The molecule has 1 fully saturated rings. The highest BCUT2D eigenvalue weighted by Gasteiger charge is 2.38. The van der Waals surface area contributed by atoms with Crippen molar-refractivity contribution in [3.05, 3.63) is 30.1 Å². The van der Waals surface area contributed by atoms with Gasteiger partial charge in [-0.1, -0.05) is 6.92 Å². The molecule has 0 spiro atoms. The number of carbonyl (C=O) groups excluding carboxylic acids is 2. The van der Waals surface area contributed by atoms with E-state index in [9.17, 15) is 9.59 Å². The number of carbonyl (C=O) groups is 2. The van der Waals surface area contributed by atoms with E-state index in [4.69, 9.17) is 4.74 Å². The summed E-state index contributed by atoms with van der Waals surface area (Å²) in [5.74, 6) is 0.0612. The molecule has 1 aromatic heterocycles. The maximum absolute atomic E-state index is 12.2. The van der Waals surface area contributed by atoms with Crippen LogP contribution in [0.3, 0.4) is 0 Å². The van der Waals surface area contributed by atoms with Gasteiger partial charge in [-0.25, -0.2) is 4.79 Å². The zero-order chi connectivity index (χ0) is 17.0. The Morgan fingerprint density at radius 2 is 1.96 bits per heavy atom. The van der Waals surface area contributed by atoms with Crippen molar-refractivity contribution in [3.8, 4) is 0 Å². The van der Waals surface area contributed by atoms with Crippen molar-refractivity contribution in [2.75, 3.05) is 13.1 Å². The smallest absolute Gasteiger partial charge is 0.410 e. The molecular weight excluding hydrogens is 294 g/mol. The van der Waals surface area contributed by atoms with E-state index in [0.29, 0.717) is 19.6 Å². The monoisotopic (exact) mass is 319 g/mol. The maximum Gasteiger partial charge on any atom is 0.410 e. The van der Waals surface area contributed by atoms with Crippen molar-refractivity contribution in [2.45, 2.75) is 39.8 Å². The summed E-state index contributed by atoms with van der Waals surface area (Å²) in [5.41, 5.74) is 0.528. The van der Waals surface area contributed by atoms with Gasteiger partial charge in [-0.05, 0) is 38.5 Å². The molecule has 0 radical (unpaired) electrons. The Balaban J connectivity index is 1.74. The number of hydrogen-bond acceptors (Lipinski definition) is 4. The fourth-order valence-corrected chi connectivity index (χ4v) is 2.37. The van der Waals surface area contributed by atoms with Gasteiger partial charge < -0.3 is 15.0 Å². The van der Waals surface area contributed by atoms with E-state index in [-0.39, 0.29) is 23.8 Å². The topological polar surface area (TPSA) is 71.5 Å². The Labute approximate surface area is 137 Å². The van der Waals surface area contributed by atoms with Crippen molar-refractivity contribution in [1.29, 1.82) is 0 Å². The number of hydrogen-bond donors (Lipinski definition) is 1. The molecule has 1 atom stereocenters. The first-order valence-electron chi connectivity index (χ1n) is 7.91. The molecule has 6 nitrogen and oxygen atoms in total. The molecule has 2 rings (SSSR count). The molecule has 0 aliphatic carbocycles. The highest BCUT2D eigenvalue weighted by Crippen LogP contribution is 2.25. The standard InChI is InChI=1S/C17H25N3O3/c1-12(15(21)19-9-13-5-7-18-8-6-13)14-10-20(11-14)16(22)23-17(2,3)4/h5-8,12,14H,9-11H2,1-4H3,(H,19,21)/t12-/m1/s1. The van der Waals surface area contributed by atoms with Crippen molar-refractivity contribution >= 4 is 12.0 Å². The van der Waals surface area contributed by atoms with Crippen molar-refractivity contribution in [3.63, 3.8) is 0 Å². The van der Waals surface area contributed by atoms with Crippen LogP contribution >= 0.6 is 0 Å². The molecule has 126 valence electrons. The first-order chi connectivity index (χ1) is 10.8. The minimum Gasteiger partial charge on any atom is -0.444 e. The van der Waals surface area contributed by atoms with Crippen LogP contribution in [0.5, 0.6) is 0 Å². The molecule has 0 saturated carbocycles. The molecule has 0 aromatic carbocycles. The summed E-state index contributed by atoms with van der Waals surface area (Å²) in [6.45, 7) is 9.07. The number of nitrogens with zero attached hydrogens (tertiary/aromatic N) is 2. The third-order valence-electron chi connectivity index (χ3n) is 3.90. The number of ether oxygens (including phenoxy) is 1. The van der Waals surface area contributed by atoms with Crippen LogP contribution in [0.1, 0.15) is 33.3 Å². The average Bonchev–Trinajstić information content (AvgIpc) is 2.42. The number of aromatic nitrogens is 1. The molecule has 1 aromatic rings. The van der Waals surface area contributed by atoms with Crippen LogP contribution in [0, 0.1) is 11.8 Å². The lowest BCUT2D eigenvalue weighted by Crippen LogP contribution is -2.55. The van der Waals surface area contributed by atoms with Crippen LogP contribution in [0.15, 0.2) is 24.5 Å². The Bertz CT molecular complexity index is 548. The molecule has 6 heteroatoms. The van der Waals surface area contributed by atoms with E-state index in [2.05, 4.69) is 10.3 Å². The lowest BCUT2D eigenvalue weighted by atomic mass is 9.86. The molecule has 0 unspecified atom stereocenters. The summed E-state index contributed by atoms with van der Waals surface area (Å²) in [4.78, 5) is 29.7. The molecule has 2 heterocycles. The molecule has 1 aliphatic rings. The van der Waals surface area contributed by atoms with Crippen molar-refractivity contribution < 1.29 is 14.3 Å². The summed E-state index contributed by atoms with van der Waals surface area (Å²) in [7, 11) is 0. The van der Waals surface area contributed by atoms with E-state index in [1.807, 2.05) is 39.8 Å². The Morgan fingerprint density at radius 3 is 2.52 bits per heavy atom. The van der Waals surface area contributed by atoms with E-state index in [0.717, 1.165) is 5.56 Å². The number of amides is 2. The third-order valence-corrected chi connectivity index (χ3v) is 3.90. The minimum absolute atomic E-state index is 0.00986. The fourth-order valence-electron chi connectivity index (χ4n) is 2.37. The van der Waals surface area contributed by atoms with Gasteiger partial charge in [0.05, 0.1) is 0 Å². The summed E-state index contributed by atoms with van der Waals surface area (Å²) in [6.07, 6.45) is 3.10. The Morgan fingerprint density at radius 1 is 1.35 bits per heavy atom. The van der Waals surface area contributed by atoms with E-state index >= 15 is 0 Å². The van der Waals surface area contributed by atoms with Crippen molar-refractivity contribution in [2.24, 2.45) is 11.8 Å². The summed E-state index contributed by atoms with van der Waals surface area (Å²) in [5, 5.41) is 2.93. The second-order valence-corrected chi connectivity index (χ2v) is 7.01. The molecule has 1 saturated heterocycles. The molecule has 0 bridgehead atoms. The molecule has 2 amide bonds. The Kier molecular flexibility index (Phi) is 5.23. The summed E-state index contributed by atoms with van der Waals surface area (Å²) >= 11 is 0. The van der Waals surface area contributed by atoms with Gasteiger partial charge in [0.1, 0.15) is 5.60 Å². The quantitative estimate of drug-likeness (QED) is 0.923. The summed E-state index contributed by atoms with van der Waals surface area (Å²) < 4.78 is 5.32. The van der Waals surface area contributed by atoms with Gasteiger partial charge >= 0.3 is 6.09 Å². The lowest BCUT2D eigenvalue weighted by Gasteiger charge is -2.42. The number of likely N-dealkylation sites (tertiary alicyclic amines) is 1. The molecule has 1 aliphatic heterocycles. The molecular formula is C17H25N3O3. The van der Waals surface area contributed by atoms with Crippen molar-refractivity contribution in [1.82, 2.24) is 15.2 Å². The zero-order valence-corrected chi connectivity index (χ0v) is 14.2. The maximum atomic E-state index is 12.2. The van der Waals surface area contributed by atoms with Crippen LogP contribution in [-0.4, -0.2) is 40.6 Å². The van der Waals surface area contributed by atoms with Crippen LogP contribution < -0.4 is 5.32 Å². The van der Waals surface area contributed by atoms with Crippen LogP contribution in [0.2, 0.25) is 0 Å². The number of rotatable bonds is 4. The number of nitrogens with one attached hydrogen (secondary N) is 1. The minimum atomic E-state index is -0.490. The molecule has 1 N–H and O–H groups in total. The lowest BCUT2D eigenvalue weighted by molar-refractivity contribution is -0.128. The Hall–Kier alpha value is -2.11. The highest BCUT2D eigenvalue weighted by atomic mass is 16.6. The van der Waals surface area contributed by atoms with Gasteiger partial charge in [0.2, 0.25) is 5.91 Å². The first-order valence-corrected chi connectivity index (χ1v) is 7.91. The van der Waals surface area contributed by atoms with Gasteiger partial charge in [-0.3, -0.25) is 9.78 Å². The average molecular weight is 319 g/mol. The van der Waals surface area contributed by atoms with Gasteiger partial charge in [0, 0.05) is 43.9 Å².